The second-order valence-corrected chi connectivity index (χ2v) is 5.55. The molecule has 0 heterocycles. The number of ether oxygens (including phenoxy) is 2. The average Bonchev–Trinajstić information content (AvgIpc) is 2.39. The van der Waals surface area contributed by atoms with Crippen molar-refractivity contribution in [3.8, 4) is 6.07 Å². The Bertz CT molecular complexity index is 574. The Morgan fingerprint density at radius 2 is 2.00 bits per heavy atom. The van der Waals surface area contributed by atoms with Crippen molar-refractivity contribution < 1.29 is 17.9 Å². The van der Waals surface area contributed by atoms with Crippen molar-refractivity contribution in [2.75, 3.05) is 20.8 Å². The highest BCUT2D eigenvalue weighted by molar-refractivity contribution is 7.89. The molecule has 7 heteroatoms. The van der Waals surface area contributed by atoms with Crippen LogP contribution in [0.3, 0.4) is 0 Å². The molecule has 0 bridgehead atoms. The minimum atomic E-state index is -3.77. The van der Waals surface area contributed by atoms with Gasteiger partial charge in [-0.05, 0) is 18.6 Å². The molecular formula is C12H16N2O4S. The van der Waals surface area contributed by atoms with Crippen molar-refractivity contribution in [3.05, 3.63) is 29.3 Å². The van der Waals surface area contributed by atoms with Gasteiger partial charge >= 0.3 is 0 Å². The van der Waals surface area contributed by atoms with Crippen molar-refractivity contribution in [1.82, 2.24) is 4.72 Å². The summed E-state index contributed by atoms with van der Waals surface area (Å²) >= 11 is 0. The van der Waals surface area contributed by atoms with Gasteiger partial charge in [0.2, 0.25) is 10.0 Å². The number of nitriles is 1. The highest BCUT2D eigenvalue weighted by atomic mass is 32.2. The van der Waals surface area contributed by atoms with Crippen LogP contribution in [0.25, 0.3) is 0 Å². The van der Waals surface area contributed by atoms with Crippen molar-refractivity contribution in [1.29, 1.82) is 5.26 Å². The summed E-state index contributed by atoms with van der Waals surface area (Å²) in [6, 6.07) is 6.57. The molecule has 0 radical (unpaired) electrons. The van der Waals surface area contributed by atoms with Crippen LogP contribution in [0.2, 0.25) is 0 Å². The van der Waals surface area contributed by atoms with Crippen molar-refractivity contribution in [2.24, 2.45) is 0 Å². The van der Waals surface area contributed by atoms with E-state index in [9.17, 15) is 8.42 Å². The first-order chi connectivity index (χ1) is 8.96. The van der Waals surface area contributed by atoms with Crippen LogP contribution in [0.5, 0.6) is 0 Å². The van der Waals surface area contributed by atoms with E-state index in [0.29, 0.717) is 5.56 Å². The third kappa shape index (κ3) is 3.75. The minimum absolute atomic E-state index is 0.0336. The normalized spacial score (nSPS) is 11.5. The number of hydrogen-bond acceptors (Lipinski definition) is 5. The van der Waals surface area contributed by atoms with Gasteiger partial charge in [0.15, 0.2) is 6.29 Å². The number of rotatable bonds is 6. The number of methoxy groups -OCH3 is 2. The highest BCUT2D eigenvalue weighted by Crippen LogP contribution is 2.18. The summed E-state index contributed by atoms with van der Waals surface area (Å²) in [6.07, 6.45) is -0.676. The summed E-state index contributed by atoms with van der Waals surface area (Å²) in [6.45, 7) is 1.65. The lowest BCUT2D eigenvalue weighted by molar-refractivity contribution is -0.0960. The lowest BCUT2D eigenvalue weighted by Crippen LogP contribution is -2.34. The molecule has 0 atom stereocenters. The van der Waals surface area contributed by atoms with Crippen LogP contribution < -0.4 is 4.72 Å². The summed E-state index contributed by atoms with van der Waals surface area (Å²) in [5.41, 5.74) is 0.752. The lowest BCUT2D eigenvalue weighted by Gasteiger charge is -2.15. The zero-order valence-corrected chi connectivity index (χ0v) is 11.8. The van der Waals surface area contributed by atoms with Gasteiger partial charge in [-0.15, -0.1) is 0 Å². The molecule has 1 N–H and O–H groups in total. The summed E-state index contributed by atoms with van der Waals surface area (Å²) < 4.78 is 36.4. The first kappa shape index (κ1) is 15.6. The maximum atomic E-state index is 12.1. The van der Waals surface area contributed by atoms with E-state index < -0.39 is 16.3 Å². The summed E-state index contributed by atoms with van der Waals surface area (Å²) in [5, 5.41) is 9.04. The number of hydrogen-bond donors (Lipinski definition) is 1. The Kier molecular flexibility index (Phi) is 5.44. The van der Waals surface area contributed by atoms with E-state index in [-0.39, 0.29) is 17.0 Å². The monoisotopic (exact) mass is 284 g/mol. The summed E-state index contributed by atoms with van der Waals surface area (Å²) in [4.78, 5) is -0.0408. The Morgan fingerprint density at radius 1 is 1.37 bits per heavy atom. The quantitative estimate of drug-likeness (QED) is 0.779. The molecule has 0 fully saturated rings. The van der Waals surface area contributed by atoms with Gasteiger partial charge in [-0.3, -0.25) is 0 Å². The van der Waals surface area contributed by atoms with Crippen LogP contribution in [0.15, 0.2) is 23.1 Å². The molecule has 0 unspecified atom stereocenters. The molecule has 19 heavy (non-hydrogen) atoms. The van der Waals surface area contributed by atoms with E-state index in [2.05, 4.69) is 4.72 Å². The van der Waals surface area contributed by atoms with Gasteiger partial charge in [-0.25, -0.2) is 13.1 Å². The molecule has 0 aliphatic heterocycles. The van der Waals surface area contributed by atoms with Gasteiger partial charge in [0.05, 0.1) is 17.0 Å². The predicted octanol–water partition coefficient (Wildman–Crippen LogP) is 0.764. The number of benzene rings is 1. The van der Waals surface area contributed by atoms with Gasteiger partial charge < -0.3 is 9.47 Å². The van der Waals surface area contributed by atoms with Crippen molar-refractivity contribution in [3.63, 3.8) is 0 Å². The molecule has 0 saturated heterocycles. The fourth-order valence-electron chi connectivity index (χ4n) is 1.53. The van der Waals surface area contributed by atoms with E-state index in [1.807, 2.05) is 6.07 Å². The predicted molar refractivity (Wildman–Crippen MR) is 68.9 cm³/mol. The molecule has 6 nitrogen and oxygen atoms in total. The van der Waals surface area contributed by atoms with E-state index in [4.69, 9.17) is 14.7 Å². The smallest absolute Gasteiger partial charge is 0.242 e. The maximum absolute atomic E-state index is 12.1. The number of sulfonamides is 1. The second kappa shape index (κ2) is 6.63. The SMILES string of the molecule is COC(CNS(=O)(=O)c1cccc(C)c1C#N)OC. The Hall–Kier alpha value is -1.46. The molecule has 0 spiro atoms. The zero-order chi connectivity index (χ0) is 14.5. The van der Waals surface area contributed by atoms with Crippen LogP contribution in [0.1, 0.15) is 11.1 Å². The molecule has 1 aromatic rings. The fraction of sp³-hybridized carbons (Fsp3) is 0.417. The van der Waals surface area contributed by atoms with Crippen molar-refractivity contribution in [2.45, 2.75) is 18.1 Å². The van der Waals surface area contributed by atoms with E-state index in [1.165, 1.54) is 20.3 Å². The average molecular weight is 284 g/mol. The molecule has 1 rings (SSSR count). The van der Waals surface area contributed by atoms with Crippen LogP contribution in [0, 0.1) is 18.3 Å². The number of aryl methyl sites for hydroxylation is 1. The minimum Gasteiger partial charge on any atom is -0.355 e. The molecule has 1 aromatic carbocycles. The first-order valence-electron chi connectivity index (χ1n) is 5.51. The van der Waals surface area contributed by atoms with Gasteiger partial charge in [-0.1, -0.05) is 12.1 Å². The largest absolute Gasteiger partial charge is 0.355 e. The molecule has 104 valence electrons. The third-order valence-corrected chi connectivity index (χ3v) is 4.07. The van der Waals surface area contributed by atoms with E-state index in [0.717, 1.165) is 0 Å². The highest BCUT2D eigenvalue weighted by Gasteiger charge is 2.21. The van der Waals surface area contributed by atoms with E-state index in [1.54, 1.807) is 19.1 Å². The molecule has 0 aliphatic rings. The third-order valence-electron chi connectivity index (χ3n) is 2.60. The maximum Gasteiger partial charge on any atom is 0.242 e. The van der Waals surface area contributed by atoms with Crippen LogP contribution in [-0.2, 0) is 19.5 Å². The molecule has 0 saturated carbocycles. The first-order valence-corrected chi connectivity index (χ1v) is 6.99. The molecular weight excluding hydrogens is 268 g/mol. The number of nitrogens with one attached hydrogen (secondary N) is 1. The Balaban J connectivity index is 3.02. The second-order valence-electron chi connectivity index (χ2n) is 3.81. The van der Waals surface area contributed by atoms with Crippen LogP contribution >= 0.6 is 0 Å². The zero-order valence-electron chi connectivity index (χ0n) is 11.0. The van der Waals surface area contributed by atoms with E-state index >= 15 is 0 Å². The van der Waals surface area contributed by atoms with Crippen LogP contribution in [-0.4, -0.2) is 35.5 Å². The standard InChI is InChI=1S/C12H16N2O4S/c1-9-5-4-6-11(10(9)7-13)19(15,16)14-8-12(17-2)18-3/h4-6,12,14H,8H2,1-3H3. The Labute approximate surface area is 113 Å². The van der Waals surface area contributed by atoms with Gasteiger partial charge in [0.25, 0.3) is 0 Å². The summed E-state index contributed by atoms with van der Waals surface area (Å²) in [7, 11) is -0.948. The van der Waals surface area contributed by atoms with Crippen molar-refractivity contribution >= 4 is 10.0 Å². The molecule has 0 aliphatic carbocycles. The number of nitrogens with zero attached hydrogens (tertiary/aromatic N) is 1. The fourth-order valence-corrected chi connectivity index (χ4v) is 2.77. The lowest BCUT2D eigenvalue weighted by atomic mass is 10.1. The van der Waals surface area contributed by atoms with Gasteiger partial charge in [0.1, 0.15) is 6.07 Å². The molecule has 0 amide bonds. The topological polar surface area (TPSA) is 88.4 Å². The molecule has 0 aromatic heterocycles. The Morgan fingerprint density at radius 3 is 2.53 bits per heavy atom. The van der Waals surface area contributed by atoms with Crippen LogP contribution in [0.4, 0.5) is 0 Å². The van der Waals surface area contributed by atoms with Gasteiger partial charge in [-0.2, -0.15) is 5.26 Å². The summed E-state index contributed by atoms with van der Waals surface area (Å²) in [5.74, 6) is 0. The van der Waals surface area contributed by atoms with Gasteiger partial charge in [0, 0.05) is 14.2 Å².